The Balaban J connectivity index is 1.89. The lowest BCUT2D eigenvalue weighted by Gasteiger charge is -2.21. The number of carboxylic acids is 1. The molecule has 1 aliphatic rings. The molecule has 1 aliphatic heterocycles. The first-order valence-corrected chi connectivity index (χ1v) is 8.09. The van der Waals surface area contributed by atoms with Gasteiger partial charge in [0.05, 0.1) is 23.5 Å². The first kappa shape index (κ1) is 15.6. The minimum Gasteiger partial charge on any atom is -0.480 e. The molecule has 1 amide bonds. The Hall–Kier alpha value is -2.28. The van der Waals surface area contributed by atoms with Gasteiger partial charge in [-0.1, -0.05) is 0 Å². The van der Waals surface area contributed by atoms with Crippen LogP contribution in [0.25, 0.3) is 11.3 Å². The average Bonchev–Trinajstić information content (AvgIpc) is 3.15. The minimum absolute atomic E-state index is 0.166. The second-order valence-corrected chi connectivity index (χ2v) is 6.27. The molecule has 120 valence electrons. The number of carbonyl (C=O) groups excluding carboxylic acids is 1. The number of nitrogens with zero attached hydrogens (tertiary/aromatic N) is 2. The number of aryl methyl sites for hydroxylation is 1. The van der Waals surface area contributed by atoms with Crippen molar-refractivity contribution in [1.29, 1.82) is 0 Å². The van der Waals surface area contributed by atoms with Crippen LogP contribution in [0, 0.1) is 6.92 Å². The van der Waals surface area contributed by atoms with Crippen LogP contribution < -0.4 is 0 Å². The zero-order valence-electron chi connectivity index (χ0n) is 12.4. The molecular formula is C16H15FN2O3S. The van der Waals surface area contributed by atoms with Gasteiger partial charge in [0.25, 0.3) is 5.91 Å². The van der Waals surface area contributed by atoms with Crippen molar-refractivity contribution in [3.8, 4) is 11.3 Å². The molecule has 5 nitrogen and oxygen atoms in total. The van der Waals surface area contributed by atoms with Crippen LogP contribution in [-0.4, -0.2) is 45.6 Å². The first-order chi connectivity index (χ1) is 11.0. The Labute approximate surface area is 136 Å². The summed E-state index contributed by atoms with van der Waals surface area (Å²) in [7, 11) is 0. The zero-order chi connectivity index (χ0) is 16.6. The smallest absolute Gasteiger partial charge is 0.326 e. The summed E-state index contributed by atoms with van der Waals surface area (Å²) in [5.41, 5.74) is 2.53. The van der Waals surface area contributed by atoms with Crippen molar-refractivity contribution in [2.45, 2.75) is 25.6 Å². The Morgan fingerprint density at radius 2 is 2.17 bits per heavy atom. The molecule has 3 rings (SSSR count). The van der Waals surface area contributed by atoms with Crippen molar-refractivity contribution in [1.82, 2.24) is 9.88 Å². The molecule has 0 bridgehead atoms. The van der Waals surface area contributed by atoms with Crippen molar-refractivity contribution < 1.29 is 19.1 Å². The molecule has 0 saturated carbocycles. The summed E-state index contributed by atoms with van der Waals surface area (Å²) < 4.78 is 13.5. The number of aliphatic carboxylic acids is 1. The number of thiophene rings is 1. The highest BCUT2D eigenvalue weighted by atomic mass is 32.1. The second kappa shape index (κ2) is 6.08. The number of hydrogen-bond acceptors (Lipinski definition) is 4. The molecule has 2 aromatic rings. The van der Waals surface area contributed by atoms with E-state index in [0.29, 0.717) is 11.3 Å². The fourth-order valence-electron chi connectivity index (χ4n) is 2.76. The van der Waals surface area contributed by atoms with E-state index < -0.39 is 24.1 Å². The largest absolute Gasteiger partial charge is 0.480 e. The molecule has 23 heavy (non-hydrogen) atoms. The number of amides is 1. The molecule has 0 radical (unpaired) electrons. The molecule has 3 heterocycles. The fourth-order valence-corrected chi connectivity index (χ4v) is 3.41. The van der Waals surface area contributed by atoms with Gasteiger partial charge in [-0.25, -0.2) is 9.18 Å². The molecule has 0 spiro atoms. The number of halogens is 1. The fraction of sp³-hybridized carbons (Fsp3) is 0.312. The van der Waals surface area contributed by atoms with Crippen LogP contribution in [0.4, 0.5) is 4.39 Å². The van der Waals surface area contributed by atoms with Crippen LogP contribution in [0.15, 0.2) is 29.0 Å². The van der Waals surface area contributed by atoms with E-state index in [1.54, 1.807) is 30.4 Å². The van der Waals surface area contributed by atoms with E-state index in [4.69, 9.17) is 5.11 Å². The van der Waals surface area contributed by atoms with Gasteiger partial charge in [-0.05, 0) is 30.5 Å². The second-order valence-electron chi connectivity index (χ2n) is 5.49. The van der Waals surface area contributed by atoms with Crippen LogP contribution in [0.1, 0.15) is 22.5 Å². The molecule has 0 aliphatic carbocycles. The van der Waals surface area contributed by atoms with E-state index >= 15 is 0 Å². The van der Waals surface area contributed by atoms with Gasteiger partial charge in [0, 0.05) is 17.4 Å². The maximum Gasteiger partial charge on any atom is 0.326 e. The van der Waals surface area contributed by atoms with Crippen molar-refractivity contribution in [3.05, 3.63) is 40.2 Å². The van der Waals surface area contributed by atoms with Gasteiger partial charge in [0.1, 0.15) is 12.2 Å². The summed E-state index contributed by atoms with van der Waals surface area (Å²) in [6, 6.07) is 4.17. The molecule has 2 aromatic heterocycles. The highest BCUT2D eigenvalue weighted by Crippen LogP contribution is 2.26. The van der Waals surface area contributed by atoms with Gasteiger partial charge in [0.2, 0.25) is 0 Å². The number of alkyl halides is 1. The van der Waals surface area contributed by atoms with Crippen LogP contribution in [0.3, 0.4) is 0 Å². The maximum atomic E-state index is 13.5. The van der Waals surface area contributed by atoms with E-state index in [2.05, 4.69) is 4.98 Å². The molecular weight excluding hydrogens is 319 g/mol. The number of carbonyl (C=O) groups is 2. The Morgan fingerprint density at radius 3 is 2.78 bits per heavy atom. The summed E-state index contributed by atoms with van der Waals surface area (Å²) in [5.74, 6) is -1.67. The first-order valence-electron chi connectivity index (χ1n) is 7.15. The molecule has 1 N–H and O–H groups in total. The lowest BCUT2D eigenvalue weighted by Crippen LogP contribution is -2.40. The highest BCUT2D eigenvalue weighted by Gasteiger charge is 2.40. The van der Waals surface area contributed by atoms with Gasteiger partial charge in [-0.3, -0.25) is 9.78 Å². The molecule has 2 atom stereocenters. The lowest BCUT2D eigenvalue weighted by atomic mass is 10.1. The summed E-state index contributed by atoms with van der Waals surface area (Å²) >= 11 is 1.55. The van der Waals surface area contributed by atoms with Crippen molar-refractivity contribution >= 4 is 23.2 Å². The number of pyridine rings is 1. The third kappa shape index (κ3) is 2.96. The van der Waals surface area contributed by atoms with Crippen LogP contribution in [0.2, 0.25) is 0 Å². The lowest BCUT2D eigenvalue weighted by molar-refractivity contribution is -0.141. The van der Waals surface area contributed by atoms with Crippen LogP contribution in [0.5, 0.6) is 0 Å². The van der Waals surface area contributed by atoms with Gasteiger partial charge < -0.3 is 10.0 Å². The zero-order valence-corrected chi connectivity index (χ0v) is 13.2. The topological polar surface area (TPSA) is 70.5 Å². The summed E-state index contributed by atoms with van der Waals surface area (Å²) in [4.78, 5) is 29.3. The third-order valence-corrected chi connectivity index (χ3v) is 4.61. The SMILES string of the molecule is Cc1nc(-c2ccsc2)ccc1C(=O)N1C[C@@H](F)C[C@H]1C(=O)O. The van der Waals surface area contributed by atoms with Crippen molar-refractivity contribution in [3.63, 3.8) is 0 Å². The monoisotopic (exact) mass is 334 g/mol. The number of likely N-dealkylation sites (tertiary alicyclic amines) is 1. The van der Waals surface area contributed by atoms with Gasteiger partial charge in [0.15, 0.2) is 0 Å². The standard InChI is InChI=1S/C16H15FN2O3S/c1-9-12(2-3-13(18-9)10-4-5-23-8-10)15(20)19-7-11(17)6-14(19)16(21)22/h2-5,8,11,14H,6-7H2,1H3,(H,21,22)/t11-,14-/m0/s1. The average molecular weight is 334 g/mol. The summed E-state index contributed by atoms with van der Waals surface area (Å²) in [5, 5.41) is 13.1. The summed E-state index contributed by atoms with van der Waals surface area (Å²) in [6.07, 6.45) is -1.47. The van der Waals surface area contributed by atoms with E-state index in [9.17, 15) is 14.0 Å². The molecule has 7 heteroatoms. The maximum absolute atomic E-state index is 13.5. The molecule has 0 aromatic carbocycles. The minimum atomic E-state index is -1.31. The summed E-state index contributed by atoms with van der Waals surface area (Å²) in [6.45, 7) is 1.50. The third-order valence-electron chi connectivity index (χ3n) is 3.93. The predicted molar refractivity (Wildman–Crippen MR) is 84.3 cm³/mol. The van der Waals surface area contributed by atoms with Crippen molar-refractivity contribution in [2.75, 3.05) is 6.54 Å². The number of rotatable bonds is 3. The van der Waals surface area contributed by atoms with Crippen molar-refractivity contribution in [2.24, 2.45) is 0 Å². The number of hydrogen-bond donors (Lipinski definition) is 1. The Kier molecular flexibility index (Phi) is 4.12. The van der Waals surface area contributed by atoms with E-state index in [1.807, 2.05) is 16.8 Å². The van der Waals surface area contributed by atoms with Gasteiger partial charge in [-0.2, -0.15) is 11.3 Å². The van der Waals surface area contributed by atoms with E-state index in [-0.39, 0.29) is 13.0 Å². The molecule has 0 unspecified atom stereocenters. The quantitative estimate of drug-likeness (QED) is 0.937. The number of aromatic nitrogens is 1. The Morgan fingerprint density at radius 1 is 1.39 bits per heavy atom. The van der Waals surface area contributed by atoms with Gasteiger partial charge >= 0.3 is 5.97 Å². The highest BCUT2D eigenvalue weighted by molar-refractivity contribution is 7.08. The van der Waals surface area contributed by atoms with Crippen LogP contribution in [-0.2, 0) is 4.79 Å². The number of carboxylic acid groups (broad SMARTS) is 1. The predicted octanol–water partition coefficient (Wildman–Crippen LogP) is 2.76. The van der Waals surface area contributed by atoms with Crippen LogP contribution >= 0.6 is 11.3 Å². The molecule has 1 saturated heterocycles. The molecule has 1 fully saturated rings. The Bertz CT molecular complexity index is 748. The van der Waals surface area contributed by atoms with E-state index in [1.165, 1.54) is 0 Å². The normalized spacial score (nSPS) is 20.7. The van der Waals surface area contributed by atoms with E-state index in [0.717, 1.165) is 16.2 Å². The van der Waals surface area contributed by atoms with Gasteiger partial charge in [-0.15, -0.1) is 0 Å².